The van der Waals surface area contributed by atoms with Crippen LogP contribution in [0.1, 0.15) is 43.4 Å². The van der Waals surface area contributed by atoms with E-state index >= 15 is 0 Å². The Bertz CT molecular complexity index is 549. The molecule has 1 aliphatic rings. The maximum atomic E-state index is 12.3. The minimum Gasteiger partial charge on any atom is -0.435 e. The van der Waals surface area contributed by atoms with E-state index in [0.29, 0.717) is 6.42 Å². The molecule has 2 unspecified atom stereocenters. The fourth-order valence-electron chi connectivity index (χ4n) is 2.99. The number of aryl methyl sites for hydroxylation is 1. The Labute approximate surface area is 135 Å². The van der Waals surface area contributed by atoms with Crippen molar-refractivity contribution in [1.29, 1.82) is 0 Å². The lowest BCUT2D eigenvalue weighted by atomic mass is 9.87. The molecule has 2 rings (SSSR count). The summed E-state index contributed by atoms with van der Waals surface area (Å²) in [5.74, 6) is 0.289. The first-order valence-corrected chi connectivity index (χ1v) is 7.90. The van der Waals surface area contributed by atoms with E-state index in [0.717, 1.165) is 30.4 Å². The fourth-order valence-corrected chi connectivity index (χ4v) is 2.99. The average Bonchev–Trinajstić information content (AvgIpc) is 2.46. The normalized spacial score (nSPS) is 18.4. The third-order valence-corrected chi connectivity index (χ3v) is 4.12. The number of rotatable bonds is 6. The van der Waals surface area contributed by atoms with Crippen LogP contribution >= 0.6 is 0 Å². The minimum atomic E-state index is -2.80. The van der Waals surface area contributed by atoms with E-state index < -0.39 is 6.61 Å². The predicted octanol–water partition coefficient (Wildman–Crippen LogP) is 3.12. The highest BCUT2D eigenvalue weighted by molar-refractivity contribution is 5.76. The first-order chi connectivity index (χ1) is 10.9. The van der Waals surface area contributed by atoms with Gasteiger partial charge in [-0.05, 0) is 49.4 Å². The Balaban J connectivity index is 2.05. The predicted molar refractivity (Wildman–Crippen MR) is 84.7 cm³/mol. The zero-order valence-electron chi connectivity index (χ0n) is 13.8. The lowest BCUT2D eigenvalue weighted by molar-refractivity contribution is -0.129. The Hall–Kier alpha value is -1.69. The van der Waals surface area contributed by atoms with Crippen molar-refractivity contribution < 1.29 is 18.3 Å². The van der Waals surface area contributed by atoms with Crippen LogP contribution in [0.4, 0.5) is 8.78 Å². The second-order valence-corrected chi connectivity index (χ2v) is 6.24. The number of nitrogens with zero attached hydrogens (tertiary/aromatic N) is 1. The zero-order chi connectivity index (χ0) is 17.0. The molecule has 0 saturated carbocycles. The number of amides is 1. The van der Waals surface area contributed by atoms with Crippen molar-refractivity contribution in [2.75, 3.05) is 14.1 Å². The van der Waals surface area contributed by atoms with E-state index in [1.165, 1.54) is 0 Å². The second kappa shape index (κ2) is 7.73. The van der Waals surface area contributed by atoms with Crippen molar-refractivity contribution in [3.63, 3.8) is 0 Å². The standard InChI is InChI=1S/C17H24F2N2O2/c1-11(9-16(22)21(2)3)20-15-6-4-5-12-10-13(23-17(18)19)7-8-14(12)15/h7-8,10-11,15,17,20H,4-6,9H2,1-3H3. The highest BCUT2D eigenvalue weighted by Gasteiger charge is 2.23. The summed E-state index contributed by atoms with van der Waals surface area (Å²) in [6.45, 7) is -0.813. The van der Waals surface area contributed by atoms with Gasteiger partial charge in [0.25, 0.3) is 0 Å². The molecule has 128 valence electrons. The second-order valence-electron chi connectivity index (χ2n) is 6.24. The van der Waals surface area contributed by atoms with Gasteiger partial charge < -0.3 is 15.0 Å². The van der Waals surface area contributed by atoms with Crippen molar-refractivity contribution in [2.45, 2.75) is 51.3 Å². The Kier molecular flexibility index (Phi) is 5.93. The lowest BCUT2D eigenvalue weighted by Crippen LogP contribution is -2.36. The van der Waals surface area contributed by atoms with Gasteiger partial charge in [0.2, 0.25) is 5.91 Å². The number of carbonyl (C=O) groups excluding carboxylic acids is 1. The van der Waals surface area contributed by atoms with E-state index in [9.17, 15) is 13.6 Å². The van der Waals surface area contributed by atoms with Crippen LogP contribution in [0.2, 0.25) is 0 Å². The summed E-state index contributed by atoms with van der Waals surface area (Å²) < 4.78 is 29.1. The molecule has 6 heteroatoms. The number of hydrogen-bond donors (Lipinski definition) is 1. The molecule has 0 saturated heterocycles. The topological polar surface area (TPSA) is 41.6 Å². The van der Waals surface area contributed by atoms with Gasteiger partial charge in [-0.3, -0.25) is 4.79 Å². The summed E-state index contributed by atoms with van der Waals surface area (Å²) in [6, 6.07) is 5.33. The molecule has 0 aliphatic heterocycles. The summed E-state index contributed by atoms with van der Waals surface area (Å²) in [5.41, 5.74) is 2.15. The number of carbonyl (C=O) groups is 1. The van der Waals surface area contributed by atoms with Gasteiger partial charge in [0.15, 0.2) is 0 Å². The van der Waals surface area contributed by atoms with Crippen molar-refractivity contribution in [3.8, 4) is 5.75 Å². The van der Waals surface area contributed by atoms with Gasteiger partial charge in [-0.15, -0.1) is 0 Å². The van der Waals surface area contributed by atoms with Crippen LogP contribution in [0.25, 0.3) is 0 Å². The van der Waals surface area contributed by atoms with Gasteiger partial charge >= 0.3 is 6.61 Å². The molecule has 1 N–H and O–H groups in total. The summed E-state index contributed by atoms with van der Waals surface area (Å²) in [4.78, 5) is 13.4. The van der Waals surface area contributed by atoms with Gasteiger partial charge in [0.05, 0.1) is 0 Å². The number of halogens is 2. The summed E-state index contributed by atoms with van der Waals surface area (Å²) in [7, 11) is 3.49. The van der Waals surface area contributed by atoms with Gasteiger partial charge in [0, 0.05) is 32.6 Å². The van der Waals surface area contributed by atoms with Gasteiger partial charge in [-0.25, -0.2) is 0 Å². The highest BCUT2D eigenvalue weighted by Crippen LogP contribution is 2.33. The third kappa shape index (κ3) is 4.89. The smallest absolute Gasteiger partial charge is 0.387 e. The van der Waals surface area contributed by atoms with E-state index in [4.69, 9.17) is 0 Å². The minimum absolute atomic E-state index is 0.0536. The Morgan fingerprint density at radius 2 is 2.17 bits per heavy atom. The molecule has 0 aromatic heterocycles. The fraction of sp³-hybridized carbons (Fsp3) is 0.588. The number of fused-ring (bicyclic) bond motifs is 1. The maximum Gasteiger partial charge on any atom is 0.387 e. The first-order valence-electron chi connectivity index (χ1n) is 7.90. The van der Waals surface area contributed by atoms with Crippen LogP contribution in [-0.4, -0.2) is 37.6 Å². The van der Waals surface area contributed by atoms with Crippen LogP contribution in [0.15, 0.2) is 18.2 Å². The molecule has 4 nitrogen and oxygen atoms in total. The SMILES string of the molecule is CC(CC(=O)N(C)C)NC1CCCc2cc(OC(F)F)ccc21. The summed E-state index contributed by atoms with van der Waals surface area (Å²) >= 11 is 0. The largest absolute Gasteiger partial charge is 0.435 e. The van der Waals surface area contributed by atoms with E-state index in [-0.39, 0.29) is 23.7 Å². The number of benzene rings is 1. The van der Waals surface area contributed by atoms with Crippen molar-refractivity contribution in [1.82, 2.24) is 10.2 Å². The van der Waals surface area contributed by atoms with E-state index in [1.54, 1.807) is 31.1 Å². The first kappa shape index (κ1) is 17.7. The van der Waals surface area contributed by atoms with Crippen LogP contribution in [0.3, 0.4) is 0 Å². The van der Waals surface area contributed by atoms with Crippen molar-refractivity contribution in [2.24, 2.45) is 0 Å². The van der Waals surface area contributed by atoms with Gasteiger partial charge in [0.1, 0.15) is 5.75 Å². The Morgan fingerprint density at radius 3 is 2.83 bits per heavy atom. The van der Waals surface area contributed by atoms with Crippen LogP contribution in [0, 0.1) is 0 Å². The van der Waals surface area contributed by atoms with Crippen molar-refractivity contribution >= 4 is 5.91 Å². The average molecular weight is 326 g/mol. The number of hydrogen-bond acceptors (Lipinski definition) is 3. The van der Waals surface area contributed by atoms with Crippen LogP contribution in [0.5, 0.6) is 5.75 Å². The number of alkyl halides is 2. The number of ether oxygens (including phenoxy) is 1. The van der Waals surface area contributed by atoms with Gasteiger partial charge in [-0.1, -0.05) is 6.07 Å². The maximum absolute atomic E-state index is 12.3. The molecule has 1 amide bonds. The lowest BCUT2D eigenvalue weighted by Gasteiger charge is -2.30. The highest BCUT2D eigenvalue weighted by atomic mass is 19.3. The summed E-state index contributed by atoms with van der Waals surface area (Å²) in [5, 5.41) is 3.48. The molecule has 0 spiro atoms. The van der Waals surface area contributed by atoms with E-state index in [2.05, 4.69) is 10.1 Å². The third-order valence-electron chi connectivity index (χ3n) is 4.12. The summed E-state index contributed by atoms with van der Waals surface area (Å²) in [6.07, 6.45) is 3.25. The van der Waals surface area contributed by atoms with E-state index in [1.807, 2.05) is 13.0 Å². The van der Waals surface area contributed by atoms with Crippen LogP contribution < -0.4 is 10.1 Å². The molecule has 0 heterocycles. The molecule has 23 heavy (non-hydrogen) atoms. The molecule has 0 bridgehead atoms. The monoisotopic (exact) mass is 326 g/mol. The molecule has 1 aliphatic carbocycles. The molecular formula is C17H24F2N2O2. The van der Waals surface area contributed by atoms with Gasteiger partial charge in [-0.2, -0.15) is 8.78 Å². The number of nitrogens with one attached hydrogen (secondary N) is 1. The molecule has 0 radical (unpaired) electrons. The molecule has 1 aromatic carbocycles. The Morgan fingerprint density at radius 1 is 1.43 bits per heavy atom. The zero-order valence-corrected chi connectivity index (χ0v) is 13.8. The van der Waals surface area contributed by atoms with Crippen LogP contribution in [-0.2, 0) is 11.2 Å². The molecular weight excluding hydrogens is 302 g/mol. The molecule has 1 aromatic rings. The quantitative estimate of drug-likeness (QED) is 0.873. The van der Waals surface area contributed by atoms with Crippen molar-refractivity contribution in [3.05, 3.63) is 29.3 Å². The molecule has 2 atom stereocenters. The molecule has 0 fully saturated rings.